The van der Waals surface area contributed by atoms with E-state index in [1.165, 1.54) is 0 Å². The van der Waals surface area contributed by atoms with Gasteiger partial charge in [0.25, 0.3) is 0 Å². The number of alkyl halides is 3. The fourth-order valence-corrected chi connectivity index (χ4v) is 3.98. The van der Waals surface area contributed by atoms with Crippen molar-refractivity contribution in [2.75, 3.05) is 0 Å². The van der Waals surface area contributed by atoms with Gasteiger partial charge >= 0.3 is 30.1 Å². The summed E-state index contributed by atoms with van der Waals surface area (Å²) in [6.07, 6.45) is -2.07. The number of aliphatic carboxylic acids is 2. The standard InChI is InChI=1S/C14H17NO4.C8H10F3NO3/c16-12(17)14(8-4-5-9-14)15-13(18)19-10-11-6-2-1-3-7-11;9-8(10,11)5(13)12-7(6(14)15)3-1-2-4-7/h1-3,6-7H,4-5,8-10H2,(H,15,18)(H,16,17);1-4H2,(H,12,13)(H,14,15). The van der Waals surface area contributed by atoms with Crippen molar-refractivity contribution in [3.63, 3.8) is 0 Å². The zero-order valence-electron chi connectivity index (χ0n) is 18.3. The molecule has 0 aromatic heterocycles. The van der Waals surface area contributed by atoms with Gasteiger partial charge in [-0.15, -0.1) is 0 Å². The molecule has 3 rings (SSSR count). The lowest BCUT2D eigenvalue weighted by Gasteiger charge is -2.25. The first kappa shape index (κ1) is 26.9. The molecule has 2 amide bonds. The quantitative estimate of drug-likeness (QED) is 0.481. The molecular weight excluding hydrogens is 461 g/mol. The Hall–Kier alpha value is -3.31. The highest BCUT2D eigenvalue weighted by Crippen LogP contribution is 2.31. The van der Waals surface area contributed by atoms with Gasteiger partial charge in [0, 0.05) is 0 Å². The summed E-state index contributed by atoms with van der Waals surface area (Å²) in [7, 11) is 0. The molecule has 0 radical (unpaired) electrons. The van der Waals surface area contributed by atoms with E-state index in [0.717, 1.165) is 18.4 Å². The summed E-state index contributed by atoms with van der Waals surface area (Å²) in [6, 6.07) is 9.27. The van der Waals surface area contributed by atoms with Gasteiger partial charge in [-0.1, -0.05) is 56.0 Å². The molecule has 0 saturated heterocycles. The maximum absolute atomic E-state index is 11.9. The first-order valence-electron chi connectivity index (χ1n) is 10.8. The molecule has 0 spiro atoms. The van der Waals surface area contributed by atoms with Crippen LogP contribution in [0.5, 0.6) is 0 Å². The van der Waals surface area contributed by atoms with Crippen LogP contribution in [0.15, 0.2) is 30.3 Å². The molecule has 188 valence electrons. The van der Waals surface area contributed by atoms with Gasteiger partial charge in [0.1, 0.15) is 17.7 Å². The van der Waals surface area contributed by atoms with E-state index in [-0.39, 0.29) is 19.4 Å². The van der Waals surface area contributed by atoms with Gasteiger partial charge in [-0.3, -0.25) is 4.79 Å². The van der Waals surface area contributed by atoms with E-state index in [1.807, 2.05) is 30.3 Å². The molecule has 2 saturated carbocycles. The second kappa shape index (κ2) is 11.2. The second-order valence-electron chi connectivity index (χ2n) is 8.33. The highest BCUT2D eigenvalue weighted by atomic mass is 19.4. The minimum atomic E-state index is -5.04. The molecule has 0 heterocycles. The van der Waals surface area contributed by atoms with Crippen molar-refractivity contribution in [1.82, 2.24) is 10.6 Å². The van der Waals surface area contributed by atoms with Crippen LogP contribution in [0.4, 0.5) is 18.0 Å². The summed E-state index contributed by atoms with van der Waals surface area (Å²) in [5, 5.41) is 22.1. The topological polar surface area (TPSA) is 142 Å². The average Bonchev–Trinajstić information content (AvgIpc) is 3.44. The van der Waals surface area contributed by atoms with Crippen molar-refractivity contribution in [3.05, 3.63) is 35.9 Å². The highest BCUT2D eigenvalue weighted by Gasteiger charge is 2.49. The summed E-state index contributed by atoms with van der Waals surface area (Å²) >= 11 is 0. The number of carbonyl (C=O) groups excluding carboxylic acids is 2. The smallest absolute Gasteiger partial charge is 0.471 e. The van der Waals surface area contributed by atoms with Crippen molar-refractivity contribution in [3.8, 4) is 0 Å². The first-order valence-corrected chi connectivity index (χ1v) is 10.8. The number of amides is 2. The zero-order chi connectivity index (χ0) is 25.4. The van der Waals surface area contributed by atoms with Crippen LogP contribution >= 0.6 is 0 Å². The lowest BCUT2D eigenvalue weighted by Crippen LogP contribution is -2.56. The van der Waals surface area contributed by atoms with Gasteiger partial charge in [0.05, 0.1) is 0 Å². The maximum atomic E-state index is 11.9. The van der Waals surface area contributed by atoms with E-state index in [9.17, 15) is 37.5 Å². The van der Waals surface area contributed by atoms with Crippen molar-refractivity contribution in [2.45, 2.75) is 75.2 Å². The Morgan fingerprint density at radius 2 is 1.26 bits per heavy atom. The predicted octanol–water partition coefficient (Wildman–Crippen LogP) is 3.37. The summed E-state index contributed by atoms with van der Waals surface area (Å²) in [6.45, 7) is 0.141. The van der Waals surface area contributed by atoms with Gasteiger partial charge in [-0.25, -0.2) is 14.4 Å². The van der Waals surface area contributed by atoms with Crippen LogP contribution in [-0.2, 0) is 25.7 Å². The lowest BCUT2D eigenvalue weighted by molar-refractivity contribution is -0.177. The van der Waals surface area contributed by atoms with Crippen molar-refractivity contribution >= 4 is 23.9 Å². The molecule has 0 unspecified atom stereocenters. The molecule has 4 N–H and O–H groups in total. The third kappa shape index (κ3) is 7.09. The van der Waals surface area contributed by atoms with Crippen LogP contribution in [-0.4, -0.2) is 51.4 Å². The van der Waals surface area contributed by atoms with Crippen LogP contribution in [0.1, 0.15) is 56.9 Å². The Balaban J connectivity index is 0.000000248. The Morgan fingerprint density at radius 3 is 1.68 bits per heavy atom. The molecule has 0 aliphatic heterocycles. The molecule has 2 aliphatic carbocycles. The minimum Gasteiger partial charge on any atom is -0.480 e. The number of halogens is 3. The van der Waals surface area contributed by atoms with Crippen LogP contribution in [0.25, 0.3) is 0 Å². The van der Waals surface area contributed by atoms with E-state index in [1.54, 1.807) is 5.32 Å². The first-order chi connectivity index (χ1) is 15.9. The molecule has 1 aromatic carbocycles. The molecule has 1 aromatic rings. The third-order valence-electron chi connectivity index (χ3n) is 5.90. The molecule has 0 bridgehead atoms. The fourth-order valence-electron chi connectivity index (χ4n) is 3.98. The summed E-state index contributed by atoms with van der Waals surface area (Å²) in [5.41, 5.74) is -2.01. The zero-order valence-corrected chi connectivity index (χ0v) is 18.3. The Morgan fingerprint density at radius 1 is 0.824 bits per heavy atom. The van der Waals surface area contributed by atoms with Crippen LogP contribution in [0, 0.1) is 0 Å². The highest BCUT2D eigenvalue weighted by molar-refractivity contribution is 5.89. The minimum absolute atomic E-state index is 0.0458. The maximum Gasteiger partial charge on any atom is 0.471 e. The predicted molar refractivity (Wildman–Crippen MR) is 112 cm³/mol. The molecule has 34 heavy (non-hydrogen) atoms. The number of benzene rings is 1. The van der Waals surface area contributed by atoms with Gasteiger partial charge in [-0.2, -0.15) is 13.2 Å². The van der Waals surface area contributed by atoms with Gasteiger partial charge < -0.3 is 25.6 Å². The van der Waals surface area contributed by atoms with E-state index in [4.69, 9.17) is 9.84 Å². The number of carbonyl (C=O) groups is 4. The van der Waals surface area contributed by atoms with E-state index < -0.39 is 41.2 Å². The van der Waals surface area contributed by atoms with Crippen LogP contribution < -0.4 is 10.6 Å². The number of hydrogen-bond acceptors (Lipinski definition) is 5. The summed E-state index contributed by atoms with van der Waals surface area (Å²) in [5.74, 6) is -4.58. The summed E-state index contributed by atoms with van der Waals surface area (Å²) < 4.78 is 40.8. The van der Waals surface area contributed by atoms with Crippen molar-refractivity contribution < 1.29 is 47.3 Å². The Labute approximate surface area is 193 Å². The van der Waals surface area contributed by atoms with Gasteiger partial charge in [-0.05, 0) is 31.2 Å². The normalized spacial score (nSPS) is 18.2. The number of rotatable bonds is 6. The summed E-state index contributed by atoms with van der Waals surface area (Å²) in [4.78, 5) is 44.4. The molecule has 12 heteroatoms. The van der Waals surface area contributed by atoms with E-state index in [0.29, 0.717) is 25.7 Å². The monoisotopic (exact) mass is 488 g/mol. The van der Waals surface area contributed by atoms with Crippen LogP contribution in [0.3, 0.4) is 0 Å². The van der Waals surface area contributed by atoms with E-state index >= 15 is 0 Å². The van der Waals surface area contributed by atoms with Gasteiger partial charge in [0.15, 0.2) is 0 Å². The Kier molecular flexibility index (Phi) is 8.88. The molecular formula is C22H27F3N2O7. The van der Waals surface area contributed by atoms with Crippen molar-refractivity contribution in [2.24, 2.45) is 0 Å². The third-order valence-corrected chi connectivity index (χ3v) is 5.90. The molecule has 2 aliphatic rings. The SMILES string of the molecule is O=C(NC1(C(=O)O)CCCC1)C(F)(F)F.O=C(NC1(C(=O)O)CCCC1)OCc1ccccc1. The average molecular weight is 488 g/mol. The number of alkyl carbamates (subject to hydrolysis) is 1. The number of carboxylic acid groups (broad SMARTS) is 2. The number of nitrogens with one attached hydrogen (secondary N) is 2. The second-order valence-corrected chi connectivity index (χ2v) is 8.33. The number of hydrogen-bond donors (Lipinski definition) is 4. The molecule has 2 fully saturated rings. The van der Waals surface area contributed by atoms with Crippen LogP contribution in [0.2, 0.25) is 0 Å². The molecule has 9 nitrogen and oxygen atoms in total. The molecule has 0 atom stereocenters. The van der Waals surface area contributed by atoms with Crippen molar-refractivity contribution in [1.29, 1.82) is 0 Å². The Bertz CT molecular complexity index is 878. The van der Waals surface area contributed by atoms with E-state index in [2.05, 4.69) is 5.32 Å². The lowest BCUT2D eigenvalue weighted by atomic mass is 9.98. The number of carboxylic acids is 2. The largest absolute Gasteiger partial charge is 0.480 e. The number of ether oxygens (including phenoxy) is 1. The fraction of sp³-hybridized carbons (Fsp3) is 0.545. The van der Waals surface area contributed by atoms with Gasteiger partial charge in [0.2, 0.25) is 0 Å².